The Morgan fingerprint density at radius 2 is 1.86 bits per heavy atom. The molecule has 1 aromatic carbocycles. The minimum absolute atomic E-state index is 0.0547. The molecule has 0 N–H and O–H groups in total. The van der Waals surface area contributed by atoms with Crippen LogP contribution >= 0.6 is 0 Å². The van der Waals surface area contributed by atoms with Crippen LogP contribution in [-0.4, -0.2) is 50.6 Å². The van der Waals surface area contributed by atoms with Crippen LogP contribution in [0.1, 0.15) is 31.2 Å². The third-order valence-corrected chi connectivity index (χ3v) is 4.37. The molecule has 2 heterocycles. The predicted octanol–water partition coefficient (Wildman–Crippen LogP) is 2.86. The lowest BCUT2D eigenvalue weighted by Gasteiger charge is -2.26. The molecule has 0 amide bonds. The van der Waals surface area contributed by atoms with Gasteiger partial charge in [-0.15, -0.1) is 0 Å². The van der Waals surface area contributed by atoms with Gasteiger partial charge in [-0.05, 0) is 49.9 Å². The summed E-state index contributed by atoms with van der Waals surface area (Å²) in [6.07, 6.45) is 5.62. The van der Waals surface area contributed by atoms with E-state index in [1.807, 2.05) is 0 Å². The van der Waals surface area contributed by atoms with E-state index in [0.29, 0.717) is 0 Å². The number of hydrogen-bond donors (Lipinski definition) is 0. The van der Waals surface area contributed by atoms with Crippen molar-refractivity contribution in [1.29, 1.82) is 0 Å². The van der Waals surface area contributed by atoms with Crippen molar-refractivity contribution >= 4 is 0 Å². The summed E-state index contributed by atoms with van der Waals surface area (Å²) >= 11 is 0. The Bertz CT molecular complexity index is 422. The maximum atomic E-state index is 5.87. The van der Waals surface area contributed by atoms with Crippen molar-refractivity contribution in [3.63, 3.8) is 0 Å². The van der Waals surface area contributed by atoms with Crippen molar-refractivity contribution < 1.29 is 14.2 Å². The van der Waals surface area contributed by atoms with Crippen LogP contribution in [-0.2, 0) is 15.9 Å². The molecule has 2 aliphatic rings. The van der Waals surface area contributed by atoms with Gasteiger partial charge in [-0.1, -0.05) is 12.1 Å². The summed E-state index contributed by atoms with van der Waals surface area (Å²) in [4.78, 5) is 2.49. The predicted molar refractivity (Wildman–Crippen MR) is 86.2 cm³/mol. The first-order valence-corrected chi connectivity index (χ1v) is 8.57. The minimum atomic E-state index is -0.0547. The second-order valence-electron chi connectivity index (χ2n) is 6.12. The third kappa shape index (κ3) is 4.97. The summed E-state index contributed by atoms with van der Waals surface area (Å²) in [7, 11) is 0. The van der Waals surface area contributed by atoms with E-state index in [9.17, 15) is 0 Å². The normalized spacial score (nSPS) is 23.4. The molecule has 0 saturated carbocycles. The lowest BCUT2D eigenvalue weighted by Crippen LogP contribution is -2.36. The average Bonchev–Trinajstić information content (AvgIpc) is 2.58. The number of rotatable bonds is 6. The highest BCUT2D eigenvalue weighted by Gasteiger charge is 2.15. The number of ether oxygens (including phenoxy) is 3. The molecular weight excluding hydrogens is 278 g/mol. The fourth-order valence-corrected chi connectivity index (χ4v) is 3.02. The third-order valence-electron chi connectivity index (χ3n) is 4.37. The Balaban J connectivity index is 1.39. The minimum Gasteiger partial charge on any atom is -0.465 e. The Morgan fingerprint density at radius 3 is 2.59 bits per heavy atom. The molecule has 4 heteroatoms. The zero-order chi connectivity index (χ0) is 15.0. The van der Waals surface area contributed by atoms with Crippen molar-refractivity contribution in [1.82, 2.24) is 4.90 Å². The van der Waals surface area contributed by atoms with E-state index in [1.54, 1.807) is 0 Å². The van der Waals surface area contributed by atoms with Gasteiger partial charge in [0.2, 0.25) is 0 Å². The first kappa shape index (κ1) is 15.8. The molecule has 0 aliphatic carbocycles. The van der Waals surface area contributed by atoms with E-state index in [4.69, 9.17) is 14.2 Å². The second-order valence-corrected chi connectivity index (χ2v) is 6.12. The van der Waals surface area contributed by atoms with E-state index < -0.39 is 0 Å². The van der Waals surface area contributed by atoms with Crippen LogP contribution in [0.5, 0.6) is 5.75 Å². The van der Waals surface area contributed by atoms with E-state index in [0.717, 1.165) is 64.5 Å². The van der Waals surface area contributed by atoms with E-state index in [2.05, 4.69) is 29.2 Å². The van der Waals surface area contributed by atoms with Gasteiger partial charge in [-0.2, -0.15) is 0 Å². The number of morpholine rings is 1. The molecule has 1 aromatic rings. The second kappa shape index (κ2) is 8.51. The summed E-state index contributed by atoms with van der Waals surface area (Å²) in [5.41, 5.74) is 1.38. The van der Waals surface area contributed by atoms with Crippen molar-refractivity contribution in [2.24, 2.45) is 0 Å². The van der Waals surface area contributed by atoms with Gasteiger partial charge in [0, 0.05) is 19.5 Å². The summed E-state index contributed by atoms with van der Waals surface area (Å²) < 4.78 is 16.8. The average molecular weight is 305 g/mol. The highest BCUT2D eigenvalue weighted by molar-refractivity contribution is 5.27. The van der Waals surface area contributed by atoms with Crippen LogP contribution in [0.2, 0.25) is 0 Å². The van der Waals surface area contributed by atoms with Crippen molar-refractivity contribution in [2.75, 3.05) is 39.5 Å². The van der Waals surface area contributed by atoms with Crippen LogP contribution in [0.3, 0.4) is 0 Å². The first-order valence-electron chi connectivity index (χ1n) is 8.57. The molecule has 122 valence electrons. The zero-order valence-corrected chi connectivity index (χ0v) is 13.3. The lowest BCUT2D eigenvalue weighted by atomic mass is 10.1. The Kier molecular flexibility index (Phi) is 6.11. The summed E-state index contributed by atoms with van der Waals surface area (Å²) in [6, 6.07) is 8.50. The lowest BCUT2D eigenvalue weighted by molar-refractivity contribution is -0.105. The standard InChI is InChI=1S/C18H27NO3/c1-2-13-21-18(5-1)22-17-8-6-16(7-9-17)4-3-10-19-11-14-20-15-12-19/h6-9,18H,1-5,10-15H2. The van der Waals surface area contributed by atoms with Crippen molar-refractivity contribution in [3.05, 3.63) is 29.8 Å². The SMILES string of the molecule is c1cc(OC2CCCCO2)ccc1CCCN1CCOCC1. The maximum absolute atomic E-state index is 5.87. The fraction of sp³-hybridized carbons (Fsp3) is 0.667. The fourth-order valence-electron chi connectivity index (χ4n) is 3.02. The Hall–Kier alpha value is -1.10. The molecule has 4 nitrogen and oxygen atoms in total. The van der Waals surface area contributed by atoms with Gasteiger partial charge in [-0.25, -0.2) is 0 Å². The van der Waals surface area contributed by atoms with Gasteiger partial charge < -0.3 is 14.2 Å². The Labute approximate surface area is 133 Å². The molecule has 0 aromatic heterocycles. The molecule has 3 rings (SSSR count). The van der Waals surface area contributed by atoms with Crippen molar-refractivity contribution in [3.8, 4) is 5.75 Å². The largest absolute Gasteiger partial charge is 0.465 e. The van der Waals surface area contributed by atoms with Crippen LogP contribution in [0.15, 0.2) is 24.3 Å². The molecule has 0 spiro atoms. The van der Waals surface area contributed by atoms with Gasteiger partial charge >= 0.3 is 0 Å². The summed E-state index contributed by atoms with van der Waals surface area (Å²) in [6.45, 7) is 5.91. The van der Waals surface area contributed by atoms with E-state index >= 15 is 0 Å². The molecule has 1 unspecified atom stereocenters. The van der Waals surface area contributed by atoms with Gasteiger partial charge in [-0.3, -0.25) is 4.90 Å². The quantitative estimate of drug-likeness (QED) is 0.808. The molecule has 22 heavy (non-hydrogen) atoms. The van der Waals surface area contributed by atoms with Crippen LogP contribution in [0, 0.1) is 0 Å². The van der Waals surface area contributed by atoms with Gasteiger partial charge in [0.25, 0.3) is 0 Å². The van der Waals surface area contributed by atoms with Crippen molar-refractivity contribution in [2.45, 2.75) is 38.4 Å². The highest BCUT2D eigenvalue weighted by Crippen LogP contribution is 2.20. The van der Waals surface area contributed by atoms with Crippen LogP contribution < -0.4 is 4.74 Å². The number of hydrogen-bond acceptors (Lipinski definition) is 4. The zero-order valence-electron chi connectivity index (χ0n) is 13.3. The smallest absolute Gasteiger partial charge is 0.199 e. The van der Waals surface area contributed by atoms with Gasteiger partial charge in [0.05, 0.1) is 19.8 Å². The molecule has 2 saturated heterocycles. The Morgan fingerprint density at radius 1 is 1.05 bits per heavy atom. The summed E-state index contributed by atoms with van der Waals surface area (Å²) in [5, 5.41) is 0. The molecule has 2 fully saturated rings. The number of benzene rings is 1. The molecule has 2 aliphatic heterocycles. The monoisotopic (exact) mass is 305 g/mol. The summed E-state index contributed by atoms with van der Waals surface area (Å²) in [5.74, 6) is 0.920. The topological polar surface area (TPSA) is 30.9 Å². The van der Waals surface area contributed by atoms with Gasteiger partial charge in [0.15, 0.2) is 6.29 Å². The first-order chi connectivity index (χ1) is 10.9. The maximum Gasteiger partial charge on any atom is 0.199 e. The molecule has 1 atom stereocenters. The molecular formula is C18H27NO3. The van der Waals surface area contributed by atoms with Gasteiger partial charge in [0.1, 0.15) is 5.75 Å². The highest BCUT2D eigenvalue weighted by atomic mass is 16.7. The van der Waals surface area contributed by atoms with Crippen LogP contribution in [0.4, 0.5) is 0 Å². The van der Waals surface area contributed by atoms with Crippen LogP contribution in [0.25, 0.3) is 0 Å². The van der Waals surface area contributed by atoms with E-state index in [-0.39, 0.29) is 6.29 Å². The molecule has 0 radical (unpaired) electrons. The molecule has 0 bridgehead atoms. The van der Waals surface area contributed by atoms with E-state index in [1.165, 1.54) is 18.4 Å². The number of aryl methyl sites for hydroxylation is 1. The number of nitrogens with zero attached hydrogens (tertiary/aromatic N) is 1.